The molecule has 1 unspecified atom stereocenters. The van der Waals surface area contributed by atoms with Gasteiger partial charge < -0.3 is 5.32 Å². The molecule has 2 fully saturated rings. The van der Waals surface area contributed by atoms with Crippen molar-refractivity contribution in [2.24, 2.45) is 0 Å². The van der Waals surface area contributed by atoms with Gasteiger partial charge in [0.05, 0.1) is 12.2 Å². The number of thioether (sulfide) groups is 1. The molecular weight excluding hydrogens is 368 g/mol. The van der Waals surface area contributed by atoms with E-state index in [9.17, 15) is 4.79 Å². The molecular formula is C22H30N4OS. The molecule has 1 aromatic heterocycles. The number of piperidine rings is 1. The van der Waals surface area contributed by atoms with Gasteiger partial charge in [-0.05, 0) is 43.4 Å². The van der Waals surface area contributed by atoms with Crippen LogP contribution in [-0.4, -0.2) is 51.2 Å². The first-order valence-corrected chi connectivity index (χ1v) is 11.6. The Morgan fingerprint density at radius 3 is 2.68 bits per heavy atom. The summed E-state index contributed by atoms with van der Waals surface area (Å²) >= 11 is 2.08. The van der Waals surface area contributed by atoms with Crippen molar-refractivity contribution in [3.63, 3.8) is 0 Å². The third-order valence-corrected chi connectivity index (χ3v) is 7.06. The summed E-state index contributed by atoms with van der Waals surface area (Å²) in [7, 11) is 0. The molecule has 1 aromatic carbocycles. The second-order valence-electron chi connectivity index (χ2n) is 7.83. The molecule has 0 bridgehead atoms. The third-order valence-electron chi connectivity index (χ3n) is 5.92. The first-order valence-electron chi connectivity index (χ1n) is 10.5. The first kappa shape index (κ1) is 19.5. The number of hydrogen-bond donors (Lipinski definition) is 1. The molecule has 6 heteroatoms. The Morgan fingerprint density at radius 1 is 1.11 bits per heavy atom. The van der Waals surface area contributed by atoms with Gasteiger partial charge in [0, 0.05) is 37.4 Å². The maximum absolute atomic E-state index is 12.4. The highest BCUT2D eigenvalue weighted by atomic mass is 32.2. The lowest BCUT2D eigenvalue weighted by Crippen LogP contribution is -2.42. The fraction of sp³-hybridized carbons (Fsp3) is 0.545. The minimum atomic E-state index is 0.0816. The monoisotopic (exact) mass is 398 g/mol. The molecule has 0 saturated carbocycles. The number of rotatable bonds is 7. The van der Waals surface area contributed by atoms with Crippen molar-refractivity contribution in [2.75, 3.05) is 29.9 Å². The zero-order valence-electron chi connectivity index (χ0n) is 16.4. The summed E-state index contributed by atoms with van der Waals surface area (Å²) in [5.41, 5.74) is 1.28. The number of benzene rings is 1. The molecule has 4 rings (SSSR count). The summed E-state index contributed by atoms with van der Waals surface area (Å²) in [6.45, 7) is 2.28. The Hall–Kier alpha value is -1.79. The molecule has 3 heterocycles. The van der Waals surface area contributed by atoms with Gasteiger partial charge in [-0.15, -0.1) is 0 Å². The minimum Gasteiger partial charge on any atom is -0.311 e. The van der Waals surface area contributed by atoms with Crippen LogP contribution >= 0.6 is 11.8 Å². The normalized spacial score (nSPS) is 21.1. The fourth-order valence-electron chi connectivity index (χ4n) is 4.31. The Labute approximate surface area is 171 Å². The van der Waals surface area contributed by atoms with Crippen LogP contribution in [0.5, 0.6) is 0 Å². The van der Waals surface area contributed by atoms with E-state index < -0.39 is 0 Å². The average Bonchev–Trinajstić information content (AvgIpc) is 3.41. The van der Waals surface area contributed by atoms with Crippen molar-refractivity contribution in [1.82, 2.24) is 14.7 Å². The molecule has 150 valence electrons. The molecule has 2 aliphatic heterocycles. The van der Waals surface area contributed by atoms with E-state index in [2.05, 4.69) is 39.2 Å². The highest BCUT2D eigenvalue weighted by Crippen LogP contribution is 2.30. The van der Waals surface area contributed by atoms with Crippen LogP contribution < -0.4 is 5.32 Å². The lowest BCUT2D eigenvalue weighted by Gasteiger charge is -2.36. The van der Waals surface area contributed by atoms with Crippen molar-refractivity contribution in [1.29, 1.82) is 0 Å². The van der Waals surface area contributed by atoms with Crippen LogP contribution in [0.2, 0.25) is 0 Å². The Bertz CT molecular complexity index is 749. The van der Waals surface area contributed by atoms with Gasteiger partial charge in [0.15, 0.2) is 0 Å². The molecule has 1 amide bonds. The lowest BCUT2D eigenvalue weighted by atomic mass is 10.0. The smallest absolute Gasteiger partial charge is 0.225 e. The van der Waals surface area contributed by atoms with E-state index in [0.717, 1.165) is 50.6 Å². The predicted octanol–water partition coefficient (Wildman–Crippen LogP) is 3.99. The van der Waals surface area contributed by atoms with E-state index in [0.29, 0.717) is 12.5 Å². The number of aromatic nitrogens is 2. The maximum atomic E-state index is 12.4. The topological polar surface area (TPSA) is 50.2 Å². The third kappa shape index (κ3) is 4.97. The number of amides is 1. The Morgan fingerprint density at radius 2 is 1.93 bits per heavy atom. The number of nitrogens with one attached hydrogen (secondary N) is 1. The standard InChI is InChI=1S/C22H30N4OS/c27-22(8-4-7-18-5-2-1-3-6-18)24-21-9-13-23-26(21)19-10-14-25(15-11-19)20-12-16-28-17-20/h1-3,5-6,9,13,19-20H,4,7-8,10-12,14-17H2,(H,24,27). The fourth-order valence-corrected chi connectivity index (χ4v) is 5.57. The largest absolute Gasteiger partial charge is 0.311 e. The molecule has 0 aliphatic carbocycles. The average molecular weight is 399 g/mol. The maximum Gasteiger partial charge on any atom is 0.225 e. The van der Waals surface area contributed by atoms with Crippen molar-refractivity contribution in [2.45, 2.75) is 50.6 Å². The number of anilines is 1. The van der Waals surface area contributed by atoms with Gasteiger partial charge in [0.25, 0.3) is 0 Å². The number of aryl methyl sites for hydroxylation is 1. The summed E-state index contributed by atoms with van der Waals surface area (Å²) in [6.07, 6.45) is 7.70. The molecule has 2 saturated heterocycles. The van der Waals surface area contributed by atoms with Crippen LogP contribution in [0.25, 0.3) is 0 Å². The van der Waals surface area contributed by atoms with Crippen LogP contribution in [-0.2, 0) is 11.2 Å². The van der Waals surface area contributed by atoms with Gasteiger partial charge in [0.2, 0.25) is 5.91 Å². The summed E-state index contributed by atoms with van der Waals surface area (Å²) in [5.74, 6) is 3.53. The number of hydrogen-bond acceptors (Lipinski definition) is 4. The van der Waals surface area contributed by atoms with E-state index in [4.69, 9.17) is 0 Å². The summed E-state index contributed by atoms with van der Waals surface area (Å²) in [4.78, 5) is 15.1. The predicted molar refractivity (Wildman–Crippen MR) is 116 cm³/mol. The summed E-state index contributed by atoms with van der Waals surface area (Å²) in [5, 5.41) is 7.61. The van der Waals surface area contributed by atoms with E-state index >= 15 is 0 Å². The summed E-state index contributed by atoms with van der Waals surface area (Å²) < 4.78 is 2.04. The highest BCUT2D eigenvalue weighted by Gasteiger charge is 2.29. The molecule has 0 spiro atoms. The van der Waals surface area contributed by atoms with Crippen molar-refractivity contribution in [3.05, 3.63) is 48.2 Å². The zero-order valence-corrected chi connectivity index (χ0v) is 17.2. The second-order valence-corrected chi connectivity index (χ2v) is 8.98. The van der Waals surface area contributed by atoms with Crippen LogP contribution in [0, 0.1) is 0 Å². The highest BCUT2D eigenvalue weighted by molar-refractivity contribution is 7.99. The number of likely N-dealkylation sites (tertiary alicyclic amines) is 1. The number of nitrogens with zero attached hydrogens (tertiary/aromatic N) is 3. The van der Waals surface area contributed by atoms with Gasteiger partial charge in [-0.1, -0.05) is 30.3 Å². The molecule has 2 aliphatic rings. The number of carbonyl (C=O) groups excluding carboxylic acids is 1. The quantitative estimate of drug-likeness (QED) is 0.766. The van der Waals surface area contributed by atoms with E-state index in [1.807, 2.05) is 28.9 Å². The van der Waals surface area contributed by atoms with Crippen LogP contribution in [0.1, 0.15) is 43.7 Å². The van der Waals surface area contributed by atoms with Crippen molar-refractivity contribution < 1.29 is 4.79 Å². The van der Waals surface area contributed by atoms with Crippen molar-refractivity contribution >= 4 is 23.5 Å². The van der Waals surface area contributed by atoms with E-state index in [-0.39, 0.29) is 5.91 Å². The molecule has 5 nitrogen and oxygen atoms in total. The van der Waals surface area contributed by atoms with E-state index in [1.165, 1.54) is 23.5 Å². The van der Waals surface area contributed by atoms with Crippen molar-refractivity contribution in [3.8, 4) is 0 Å². The zero-order chi connectivity index (χ0) is 19.2. The van der Waals surface area contributed by atoms with Crippen LogP contribution in [0.3, 0.4) is 0 Å². The number of carbonyl (C=O) groups is 1. The second kappa shape index (κ2) is 9.61. The molecule has 2 aromatic rings. The van der Waals surface area contributed by atoms with Gasteiger partial charge in [-0.2, -0.15) is 16.9 Å². The van der Waals surface area contributed by atoms with Gasteiger partial charge in [0.1, 0.15) is 5.82 Å². The van der Waals surface area contributed by atoms with Crippen LogP contribution in [0.15, 0.2) is 42.6 Å². The molecule has 28 heavy (non-hydrogen) atoms. The lowest BCUT2D eigenvalue weighted by molar-refractivity contribution is -0.116. The minimum absolute atomic E-state index is 0.0816. The van der Waals surface area contributed by atoms with E-state index in [1.54, 1.807) is 6.20 Å². The molecule has 0 radical (unpaired) electrons. The van der Waals surface area contributed by atoms with Gasteiger partial charge in [-0.3, -0.25) is 9.69 Å². The molecule has 1 N–H and O–H groups in total. The summed E-state index contributed by atoms with van der Waals surface area (Å²) in [6, 6.07) is 13.4. The Kier molecular flexibility index (Phi) is 6.70. The first-order chi connectivity index (χ1) is 13.8. The molecule has 1 atom stereocenters. The van der Waals surface area contributed by atoms with Gasteiger partial charge >= 0.3 is 0 Å². The Balaban J connectivity index is 1.25. The SMILES string of the molecule is O=C(CCCc1ccccc1)Nc1ccnn1C1CCN(C2CCSC2)CC1. The van der Waals surface area contributed by atoms with Crippen LogP contribution in [0.4, 0.5) is 5.82 Å². The van der Waals surface area contributed by atoms with Gasteiger partial charge in [-0.25, -0.2) is 4.68 Å².